The third-order valence-corrected chi connectivity index (χ3v) is 6.84. The normalized spacial score (nSPS) is 20.2. The van der Waals surface area contributed by atoms with E-state index >= 15 is 0 Å². The molecule has 3 aliphatic heterocycles. The number of primary amides is 1. The van der Waals surface area contributed by atoms with E-state index in [1.165, 1.54) is 6.26 Å². The van der Waals surface area contributed by atoms with Crippen LogP contribution in [0.5, 0.6) is 5.88 Å². The molecule has 0 aromatic carbocycles. The number of fused-ring (bicyclic) bond motifs is 1. The van der Waals surface area contributed by atoms with Gasteiger partial charge in [-0.1, -0.05) is 0 Å². The van der Waals surface area contributed by atoms with Crippen molar-refractivity contribution in [2.45, 2.75) is 25.5 Å². The van der Waals surface area contributed by atoms with Crippen molar-refractivity contribution in [2.24, 2.45) is 5.73 Å². The fourth-order valence-electron chi connectivity index (χ4n) is 4.96. The van der Waals surface area contributed by atoms with Crippen molar-refractivity contribution in [3.63, 3.8) is 0 Å². The quantitative estimate of drug-likeness (QED) is 0.527. The summed E-state index contributed by atoms with van der Waals surface area (Å²) < 4.78 is 23.0. The van der Waals surface area contributed by atoms with Crippen molar-refractivity contribution in [3.8, 4) is 5.88 Å². The summed E-state index contributed by atoms with van der Waals surface area (Å²) in [7, 11) is 1.55. The third-order valence-electron chi connectivity index (χ3n) is 6.84. The number of nitrogens with zero attached hydrogens (tertiary/aromatic N) is 6. The van der Waals surface area contributed by atoms with Gasteiger partial charge in [0.1, 0.15) is 12.0 Å². The van der Waals surface area contributed by atoms with Gasteiger partial charge in [-0.25, -0.2) is 9.97 Å². The van der Waals surface area contributed by atoms with Gasteiger partial charge in [0, 0.05) is 50.1 Å². The number of piperidine rings is 1. The van der Waals surface area contributed by atoms with Gasteiger partial charge in [0.15, 0.2) is 11.4 Å². The Labute approximate surface area is 213 Å². The first kappa shape index (κ1) is 23.3. The molecule has 2 saturated heterocycles. The van der Waals surface area contributed by atoms with Gasteiger partial charge < -0.3 is 34.2 Å². The monoisotopic (exact) mass is 507 g/mol. The summed E-state index contributed by atoms with van der Waals surface area (Å²) in [6, 6.07) is 5.97. The number of hydrogen-bond acceptors (Lipinski definition) is 11. The number of amides is 1. The molecule has 0 saturated carbocycles. The molecule has 3 aromatic rings. The number of pyridine rings is 2. The van der Waals surface area contributed by atoms with Crippen molar-refractivity contribution in [1.29, 1.82) is 0 Å². The maximum absolute atomic E-state index is 12.6. The molecule has 0 radical (unpaired) electrons. The minimum absolute atomic E-state index is 0.216. The number of aromatic nitrogens is 3. The lowest BCUT2D eigenvalue weighted by molar-refractivity contribution is -0.114. The molecule has 3 aliphatic rings. The molecule has 3 aromatic heterocycles. The van der Waals surface area contributed by atoms with Gasteiger partial charge in [-0.3, -0.25) is 9.69 Å². The number of ether oxygens (including phenoxy) is 3. The minimum atomic E-state index is -0.677. The highest BCUT2D eigenvalue weighted by Gasteiger charge is 2.37. The molecule has 2 fully saturated rings. The SMILES string of the molecule is COc1cc(C2OC=C(C(N)=O)N2c2cc3oc(N4CCOCC4)nc3nc2N2CCCCC2)ccn1. The van der Waals surface area contributed by atoms with Gasteiger partial charge in [0.25, 0.3) is 11.9 Å². The van der Waals surface area contributed by atoms with E-state index in [1.54, 1.807) is 24.3 Å². The van der Waals surface area contributed by atoms with Gasteiger partial charge in [0.2, 0.25) is 17.8 Å². The maximum Gasteiger partial charge on any atom is 0.300 e. The first-order chi connectivity index (χ1) is 18.1. The van der Waals surface area contributed by atoms with Gasteiger partial charge in [0.05, 0.1) is 26.0 Å². The zero-order valence-electron chi connectivity index (χ0n) is 20.6. The Bertz CT molecular complexity index is 1330. The molecule has 194 valence electrons. The van der Waals surface area contributed by atoms with E-state index in [2.05, 4.69) is 9.88 Å². The number of anilines is 3. The fraction of sp³-hybridized carbons (Fsp3) is 0.440. The predicted molar refractivity (Wildman–Crippen MR) is 135 cm³/mol. The van der Waals surface area contributed by atoms with E-state index in [1.807, 2.05) is 17.0 Å². The lowest BCUT2D eigenvalue weighted by Crippen LogP contribution is -2.36. The number of nitrogens with two attached hydrogens (primary N) is 1. The molecule has 12 nitrogen and oxygen atoms in total. The van der Waals surface area contributed by atoms with Crippen LogP contribution in [0.2, 0.25) is 0 Å². The summed E-state index contributed by atoms with van der Waals surface area (Å²) in [5.74, 6) is 0.529. The Kier molecular flexibility index (Phi) is 6.16. The predicted octanol–water partition coefficient (Wildman–Crippen LogP) is 2.32. The highest BCUT2D eigenvalue weighted by atomic mass is 16.5. The zero-order valence-corrected chi connectivity index (χ0v) is 20.6. The van der Waals surface area contributed by atoms with Gasteiger partial charge >= 0.3 is 0 Å². The molecule has 2 N–H and O–H groups in total. The summed E-state index contributed by atoms with van der Waals surface area (Å²) in [5, 5.41) is 0. The first-order valence-corrected chi connectivity index (χ1v) is 12.5. The average Bonchev–Trinajstić information content (AvgIpc) is 3.58. The number of methoxy groups -OCH3 is 1. The van der Waals surface area contributed by atoms with Gasteiger partial charge in [-0.15, -0.1) is 0 Å². The van der Waals surface area contributed by atoms with Crippen LogP contribution >= 0.6 is 0 Å². The lowest BCUT2D eigenvalue weighted by atomic mass is 10.1. The summed E-state index contributed by atoms with van der Waals surface area (Å²) >= 11 is 0. The van der Waals surface area contributed by atoms with E-state index in [4.69, 9.17) is 34.3 Å². The van der Waals surface area contributed by atoms with E-state index in [-0.39, 0.29) is 5.70 Å². The molecular weight excluding hydrogens is 478 g/mol. The number of carbonyl (C=O) groups is 1. The van der Waals surface area contributed by atoms with Crippen LogP contribution in [0.1, 0.15) is 31.1 Å². The van der Waals surface area contributed by atoms with Crippen molar-refractivity contribution in [3.05, 3.63) is 41.9 Å². The molecule has 6 heterocycles. The zero-order chi connectivity index (χ0) is 25.4. The summed E-state index contributed by atoms with van der Waals surface area (Å²) in [6.07, 6.45) is 5.62. The van der Waals surface area contributed by atoms with Crippen LogP contribution in [0.15, 0.2) is 40.8 Å². The summed E-state index contributed by atoms with van der Waals surface area (Å²) in [6.45, 7) is 4.31. The average molecular weight is 508 g/mol. The van der Waals surface area contributed by atoms with Crippen LogP contribution in [0.25, 0.3) is 11.2 Å². The molecule has 37 heavy (non-hydrogen) atoms. The number of carbonyl (C=O) groups excluding carboxylic acids is 1. The molecule has 0 spiro atoms. The summed E-state index contributed by atoms with van der Waals surface area (Å²) in [4.78, 5) is 32.5. The smallest absolute Gasteiger partial charge is 0.300 e. The second kappa shape index (κ2) is 9.77. The lowest BCUT2D eigenvalue weighted by Gasteiger charge is -2.33. The highest BCUT2D eigenvalue weighted by molar-refractivity contribution is 5.98. The Morgan fingerprint density at radius 3 is 2.65 bits per heavy atom. The molecular formula is C25H29N7O5. The van der Waals surface area contributed by atoms with Crippen LogP contribution in [-0.2, 0) is 14.3 Å². The number of hydrogen-bond donors (Lipinski definition) is 1. The van der Waals surface area contributed by atoms with Crippen molar-refractivity contribution in [2.75, 3.05) is 61.2 Å². The van der Waals surface area contributed by atoms with E-state index in [9.17, 15) is 4.79 Å². The van der Waals surface area contributed by atoms with E-state index in [0.29, 0.717) is 60.9 Å². The van der Waals surface area contributed by atoms with Crippen LogP contribution in [0.4, 0.5) is 17.5 Å². The number of morpholine rings is 1. The second-order valence-electron chi connectivity index (χ2n) is 9.15. The standard InChI is InChI=1S/C25H29N7O5/c1-34-20-13-16(5-6-27-20)24-32(18(15-36-24)21(26)33)17-14-19-22(28-23(17)30-7-3-2-4-8-30)29-25(37-19)31-9-11-35-12-10-31/h5-6,13-15,24H,2-4,7-12H2,1H3,(H2,26,33). The second-order valence-corrected chi connectivity index (χ2v) is 9.15. The van der Waals surface area contributed by atoms with E-state index < -0.39 is 12.1 Å². The largest absolute Gasteiger partial charge is 0.481 e. The molecule has 0 aliphatic carbocycles. The van der Waals surface area contributed by atoms with Crippen LogP contribution in [0.3, 0.4) is 0 Å². The Balaban J connectivity index is 1.49. The number of oxazole rings is 1. The van der Waals surface area contributed by atoms with Crippen molar-refractivity contribution >= 4 is 34.7 Å². The van der Waals surface area contributed by atoms with Crippen molar-refractivity contribution < 1.29 is 23.4 Å². The summed E-state index contributed by atoms with van der Waals surface area (Å²) in [5.41, 5.74) is 8.45. The van der Waals surface area contributed by atoms with Gasteiger partial charge in [-0.05, 0) is 25.3 Å². The topological polar surface area (TPSA) is 132 Å². The minimum Gasteiger partial charge on any atom is -0.481 e. The van der Waals surface area contributed by atoms with Crippen LogP contribution < -0.4 is 25.2 Å². The van der Waals surface area contributed by atoms with E-state index in [0.717, 1.165) is 37.9 Å². The highest BCUT2D eigenvalue weighted by Crippen LogP contribution is 2.43. The van der Waals surface area contributed by atoms with Crippen LogP contribution in [-0.4, -0.2) is 67.4 Å². The molecule has 6 rings (SSSR count). The Morgan fingerprint density at radius 2 is 1.89 bits per heavy atom. The Hall–Kier alpha value is -4.06. The fourth-order valence-corrected chi connectivity index (χ4v) is 4.96. The van der Waals surface area contributed by atoms with Crippen LogP contribution in [0, 0.1) is 0 Å². The third kappa shape index (κ3) is 4.37. The molecule has 1 amide bonds. The molecule has 1 unspecified atom stereocenters. The molecule has 12 heteroatoms. The van der Waals surface area contributed by atoms with Crippen molar-refractivity contribution in [1.82, 2.24) is 15.0 Å². The first-order valence-electron chi connectivity index (χ1n) is 12.5. The molecule has 0 bridgehead atoms. The molecule has 1 atom stereocenters. The van der Waals surface area contributed by atoms with Gasteiger partial charge in [-0.2, -0.15) is 4.98 Å². The Morgan fingerprint density at radius 1 is 1.08 bits per heavy atom. The number of rotatable bonds is 6. The maximum atomic E-state index is 12.6.